The van der Waals surface area contributed by atoms with Crippen LogP contribution in [0, 0.1) is 0 Å². The lowest BCUT2D eigenvalue weighted by Gasteiger charge is -2.04. The third-order valence-corrected chi connectivity index (χ3v) is 3.10. The molecule has 21 heavy (non-hydrogen) atoms. The molecule has 1 aromatic carbocycles. The van der Waals surface area contributed by atoms with Crippen molar-refractivity contribution in [3.05, 3.63) is 29.5 Å². The SMILES string of the molecule is CCOC(=O)c1[nH]c2ccc(NC(C)=O)cc2c1CCN. The summed E-state index contributed by atoms with van der Waals surface area (Å²) in [5.74, 6) is -0.533. The van der Waals surface area contributed by atoms with Gasteiger partial charge in [0.15, 0.2) is 0 Å². The number of hydrogen-bond acceptors (Lipinski definition) is 4. The Hall–Kier alpha value is -2.34. The molecule has 1 aromatic heterocycles. The summed E-state index contributed by atoms with van der Waals surface area (Å²) in [6.07, 6.45) is 0.553. The fourth-order valence-electron chi connectivity index (χ4n) is 2.31. The molecular weight excluding hydrogens is 270 g/mol. The lowest BCUT2D eigenvalue weighted by atomic mass is 10.1. The second-order valence-electron chi connectivity index (χ2n) is 4.68. The van der Waals surface area contributed by atoms with Gasteiger partial charge in [-0.3, -0.25) is 4.79 Å². The topological polar surface area (TPSA) is 97.2 Å². The molecule has 0 unspecified atom stereocenters. The quantitative estimate of drug-likeness (QED) is 0.731. The number of fused-ring (bicyclic) bond motifs is 1. The Kier molecular flexibility index (Phi) is 4.59. The first-order valence-corrected chi connectivity index (χ1v) is 6.86. The third kappa shape index (κ3) is 3.22. The number of H-pyrrole nitrogens is 1. The number of aromatic amines is 1. The number of nitrogens with one attached hydrogen (secondary N) is 2. The van der Waals surface area contributed by atoms with Crippen LogP contribution in [0.3, 0.4) is 0 Å². The first-order valence-electron chi connectivity index (χ1n) is 6.86. The predicted molar refractivity (Wildman–Crippen MR) is 81.3 cm³/mol. The molecule has 6 nitrogen and oxygen atoms in total. The molecule has 0 spiro atoms. The molecule has 112 valence electrons. The first-order chi connectivity index (χ1) is 10.1. The number of carbonyl (C=O) groups excluding carboxylic acids is 2. The van der Waals surface area contributed by atoms with Crippen LogP contribution in [0.25, 0.3) is 10.9 Å². The Morgan fingerprint density at radius 1 is 1.38 bits per heavy atom. The van der Waals surface area contributed by atoms with Crippen LogP contribution < -0.4 is 11.1 Å². The molecule has 0 saturated carbocycles. The number of benzene rings is 1. The summed E-state index contributed by atoms with van der Waals surface area (Å²) < 4.78 is 5.06. The monoisotopic (exact) mass is 289 g/mol. The maximum absolute atomic E-state index is 12.0. The van der Waals surface area contributed by atoms with Crippen molar-refractivity contribution in [2.24, 2.45) is 5.73 Å². The zero-order valence-electron chi connectivity index (χ0n) is 12.2. The highest BCUT2D eigenvalue weighted by Gasteiger charge is 2.18. The maximum atomic E-state index is 12.0. The summed E-state index contributed by atoms with van der Waals surface area (Å²) in [7, 11) is 0. The Balaban J connectivity index is 2.52. The van der Waals surface area contributed by atoms with E-state index >= 15 is 0 Å². The van der Waals surface area contributed by atoms with Crippen LogP contribution in [-0.2, 0) is 16.0 Å². The number of amides is 1. The average molecular weight is 289 g/mol. The molecule has 6 heteroatoms. The molecule has 4 N–H and O–H groups in total. The second kappa shape index (κ2) is 6.41. The molecule has 2 rings (SSSR count). The Labute approximate surface area is 122 Å². The van der Waals surface area contributed by atoms with E-state index in [9.17, 15) is 9.59 Å². The first kappa shape index (κ1) is 15.1. The van der Waals surface area contributed by atoms with Gasteiger partial charge in [0, 0.05) is 23.5 Å². The smallest absolute Gasteiger partial charge is 0.355 e. The van der Waals surface area contributed by atoms with Gasteiger partial charge in [0.2, 0.25) is 5.91 Å². The van der Waals surface area contributed by atoms with E-state index in [-0.39, 0.29) is 5.91 Å². The average Bonchev–Trinajstić information content (AvgIpc) is 2.77. The van der Waals surface area contributed by atoms with Gasteiger partial charge >= 0.3 is 5.97 Å². The highest BCUT2D eigenvalue weighted by atomic mass is 16.5. The van der Waals surface area contributed by atoms with Crippen LogP contribution in [-0.4, -0.2) is 30.0 Å². The van der Waals surface area contributed by atoms with E-state index in [4.69, 9.17) is 10.5 Å². The molecule has 0 bridgehead atoms. The Bertz CT molecular complexity index is 676. The molecular formula is C15H19N3O3. The molecule has 0 atom stereocenters. The number of rotatable bonds is 5. The van der Waals surface area contributed by atoms with E-state index in [0.29, 0.717) is 31.0 Å². The van der Waals surface area contributed by atoms with Gasteiger partial charge in [-0.05, 0) is 43.7 Å². The van der Waals surface area contributed by atoms with Gasteiger partial charge in [-0.15, -0.1) is 0 Å². The second-order valence-corrected chi connectivity index (χ2v) is 4.68. The highest BCUT2D eigenvalue weighted by molar-refractivity contribution is 6.00. The third-order valence-electron chi connectivity index (χ3n) is 3.10. The number of carbonyl (C=O) groups is 2. The molecule has 0 aliphatic carbocycles. The normalized spacial score (nSPS) is 10.6. The van der Waals surface area contributed by atoms with Gasteiger partial charge in [-0.25, -0.2) is 4.79 Å². The van der Waals surface area contributed by atoms with E-state index in [1.54, 1.807) is 13.0 Å². The molecule has 2 aromatic rings. The summed E-state index contributed by atoms with van der Waals surface area (Å²) in [5.41, 5.74) is 8.38. The lowest BCUT2D eigenvalue weighted by Crippen LogP contribution is -2.11. The molecule has 0 fully saturated rings. The van der Waals surface area contributed by atoms with Crippen molar-refractivity contribution < 1.29 is 14.3 Å². The summed E-state index contributed by atoms with van der Waals surface area (Å²) in [4.78, 5) is 26.2. The van der Waals surface area contributed by atoms with Crippen molar-refractivity contribution >= 4 is 28.5 Å². The van der Waals surface area contributed by atoms with Crippen LogP contribution in [0.5, 0.6) is 0 Å². The number of hydrogen-bond donors (Lipinski definition) is 3. The van der Waals surface area contributed by atoms with Crippen molar-refractivity contribution in [2.45, 2.75) is 20.3 Å². The predicted octanol–water partition coefficient (Wildman–Crippen LogP) is 1.80. The number of aromatic nitrogens is 1. The largest absolute Gasteiger partial charge is 0.461 e. The number of anilines is 1. The number of nitrogens with two attached hydrogens (primary N) is 1. The summed E-state index contributed by atoms with van der Waals surface area (Å²) in [5, 5.41) is 3.60. The fraction of sp³-hybridized carbons (Fsp3) is 0.333. The number of esters is 1. The Morgan fingerprint density at radius 3 is 2.76 bits per heavy atom. The van der Waals surface area contributed by atoms with Gasteiger partial charge in [0.05, 0.1) is 6.61 Å². The highest BCUT2D eigenvalue weighted by Crippen LogP contribution is 2.26. The van der Waals surface area contributed by atoms with Crippen LogP contribution in [0.15, 0.2) is 18.2 Å². The minimum atomic E-state index is -0.391. The van der Waals surface area contributed by atoms with Gasteiger partial charge in [0.1, 0.15) is 5.69 Å². The van der Waals surface area contributed by atoms with Crippen molar-refractivity contribution in [1.29, 1.82) is 0 Å². The van der Waals surface area contributed by atoms with Crippen molar-refractivity contribution in [2.75, 3.05) is 18.5 Å². The minimum Gasteiger partial charge on any atom is -0.461 e. The molecule has 0 aliphatic rings. The van der Waals surface area contributed by atoms with Crippen LogP contribution in [0.2, 0.25) is 0 Å². The van der Waals surface area contributed by atoms with E-state index in [1.165, 1.54) is 6.92 Å². The number of ether oxygens (including phenoxy) is 1. The zero-order valence-corrected chi connectivity index (χ0v) is 12.2. The summed E-state index contributed by atoms with van der Waals surface area (Å²) in [6, 6.07) is 5.44. The van der Waals surface area contributed by atoms with Crippen molar-refractivity contribution in [1.82, 2.24) is 4.98 Å². The Morgan fingerprint density at radius 2 is 2.14 bits per heavy atom. The molecule has 1 heterocycles. The van der Waals surface area contributed by atoms with Gasteiger partial charge < -0.3 is 20.8 Å². The van der Waals surface area contributed by atoms with E-state index in [1.807, 2.05) is 12.1 Å². The summed E-state index contributed by atoms with van der Waals surface area (Å²) in [6.45, 7) is 3.95. The molecule has 0 saturated heterocycles. The standard InChI is InChI=1S/C15H19N3O3/c1-3-21-15(20)14-11(6-7-16)12-8-10(17-9(2)19)4-5-13(12)18-14/h4-5,8,18H,3,6-7,16H2,1-2H3,(H,17,19). The minimum absolute atomic E-state index is 0.143. The van der Waals surface area contributed by atoms with Gasteiger partial charge in [-0.2, -0.15) is 0 Å². The lowest BCUT2D eigenvalue weighted by molar-refractivity contribution is -0.114. The zero-order chi connectivity index (χ0) is 15.4. The van der Waals surface area contributed by atoms with Crippen molar-refractivity contribution in [3.63, 3.8) is 0 Å². The van der Waals surface area contributed by atoms with Crippen LogP contribution in [0.4, 0.5) is 5.69 Å². The van der Waals surface area contributed by atoms with E-state index in [0.717, 1.165) is 16.5 Å². The maximum Gasteiger partial charge on any atom is 0.355 e. The van der Waals surface area contributed by atoms with Crippen molar-refractivity contribution in [3.8, 4) is 0 Å². The van der Waals surface area contributed by atoms with Gasteiger partial charge in [-0.1, -0.05) is 0 Å². The summed E-state index contributed by atoms with van der Waals surface area (Å²) >= 11 is 0. The van der Waals surface area contributed by atoms with E-state index < -0.39 is 5.97 Å². The van der Waals surface area contributed by atoms with Gasteiger partial charge in [0.25, 0.3) is 0 Å². The fourth-order valence-corrected chi connectivity index (χ4v) is 2.31. The molecule has 0 radical (unpaired) electrons. The van der Waals surface area contributed by atoms with E-state index in [2.05, 4.69) is 10.3 Å². The van der Waals surface area contributed by atoms with Crippen LogP contribution >= 0.6 is 0 Å². The van der Waals surface area contributed by atoms with Crippen LogP contribution in [0.1, 0.15) is 29.9 Å². The molecule has 1 amide bonds. The molecule has 0 aliphatic heterocycles.